The zero-order chi connectivity index (χ0) is 12.1. The molecule has 0 aliphatic rings. The van der Waals surface area contributed by atoms with Gasteiger partial charge in [-0.3, -0.25) is 4.68 Å². The summed E-state index contributed by atoms with van der Waals surface area (Å²) in [5.74, 6) is 0. The Kier molecular flexibility index (Phi) is 4.11. The van der Waals surface area contributed by atoms with Crippen LogP contribution in [-0.4, -0.2) is 21.3 Å². The van der Waals surface area contributed by atoms with E-state index in [1.54, 1.807) is 22.3 Å². The average Bonchev–Trinajstić information content (AvgIpc) is 2.93. The first-order chi connectivity index (χ1) is 8.28. The predicted octanol–water partition coefficient (Wildman–Crippen LogP) is 1.57. The normalized spacial score (nSPS) is 10.7. The molecule has 0 unspecified atom stereocenters. The summed E-state index contributed by atoms with van der Waals surface area (Å²) in [6.07, 6.45) is 1.63. The molecule has 0 atom stereocenters. The summed E-state index contributed by atoms with van der Waals surface area (Å²) >= 11 is 1.75. The lowest BCUT2D eigenvalue weighted by atomic mass is 10.4. The van der Waals surface area contributed by atoms with Crippen molar-refractivity contribution in [3.05, 3.63) is 28.2 Å². The van der Waals surface area contributed by atoms with Crippen molar-refractivity contribution in [2.75, 3.05) is 6.54 Å². The van der Waals surface area contributed by atoms with Gasteiger partial charge in [0.15, 0.2) is 0 Å². The molecule has 1 N–H and O–H groups in total. The van der Waals surface area contributed by atoms with E-state index in [2.05, 4.69) is 34.5 Å². The summed E-state index contributed by atoms with van der Waals surface area (Å²) in [5.41, 5.74) is 0. The van der Waals surface area contributed by atoms with Crippen molar-refractivity contribution in [2.45, 2.75) is 20.1 Å². The first-order valence-electron chi connectivity index (χ1n) is 5.54. The van der Waals surface area contributed by atoms with E-state index in [1.165, 1.54) is 9.75 Å². The standard InChI is InChI=1S/C11H16N4OS/c1-3-12-6-9-4-5-10(17-9)7-16-11-13-8-15(2)14-11/h4-5,8,12H,3,6-7H2,1-2H3. The van der Waals surface area contributed by atoms with Crippen LogP contribution in [0.2, 0.25) is 0 Å². The minimum atomic E-state index is 0.425. The van der Waals surface area contributed by atoms with Crippen LogP contribution in [0.4, 0.5) is 0 Å². The number of nitrogens with one attached hydrogen (secondary N) is 1. The zero-order valence-electron chi connectivity index (χ0n) is 10.0. The van der Waals surface area contributed by atoms with Crippen molar-refractivity contribution >= 4 is 11.3 Å². The van der Waals surface area contributed by atoms with Gasteiger partial charge >= 0.3 is 6.01 Å². The van der Waals surface area contributed by atoms with E-state index in [1.807, 2.05) is 7.05 Å². The molecule has 2 aromatic rings. The molecule has 6 heteroatoms. The lowest BCUT2D eigenvalue weighted by Crippen LogP contribution is -2.10. The molecule has 0 spiro atoms. The molecular weight excluding hydrogens is 236 g/mol. The number of aromatic nitrogens is 3. The molecular formula is C11H16N4OS. The molecule has 0 saturated heterocycles. The number of hydrogen-bond donors (Lipinski definition) is 1. The molecule has 2 heterocycles. The molecule has 5 nitrogen and oxygen atoms in total. The highest BCUT2D eigenvalue weighted by molar-refractivity contribution is 7.11. The Morgan fingerprint density at radius 1 is 1.41 bits per heavy atom. The first kappa shape index (κ1) is 12.1. The molecule has 0 amide bonds. The molecule has 0 bridgehead atoms. The van der Waals surface area contributed by atoms with Crippen molar-refractivity contribution in [3.63, 3.8) is 0 Å². The molecule has 0 aromatic carbocycles. The number of hydrogen-bond acceptors (Lipinski definition) is 5. The fourth-order valence-corrected chi connectivity index (χ4v) is 2.27. The van der Waals surface area contributed by atoms with Crippen LogP contribution in [0.25, 0.3) is 0 Å². The Bertz CT molecular complexity index is 465. The van der Waals surface area contributed by atoms with Crippen LogP contribution in [0.15, 0.2) is 18.5 Å². The molecule has 2 aromatic heterocycles. The van der Waals surface area contributed by atoms with Gasteiger partial charge in [-0.2, -0.15) is 4.98 Å². The van der Waals surface area contributed by atoms with E-state index in [0.29, 0.717) is 12.6 Å². The molecule has 0 saturated carbocycles. The molecule has 0 aliphatic carbocycles. The maximum absolute atomic E-state index is 5.48. The van der Waals surface area contributed by atoms with Crippen LogP contribution in [0.5, 0.6) is 6.01 Å². The van der Waals surface area contributed by atoms with Crippen molar-refractivity contribution in [2.24, 2.45) is 7.05 Å². The van der Waals surface area contributed by atoms with Crippen LogP contribution in [0.1, 0.15) is 16.7 Å². The van der Waals surface area contributed by atoms with Gasteiger partial charge in [0.05, 0.1) is 0 Å². The zero-order valence-corrected chi connectivity index (χ0v) is 10.8. The topological polar surface area (TPSA) is 52.0 Å². The van der Waals surface area contributed by atoms with Crippen molar-refractivity contribution < 1.29 is 4.74 Å². The van der Waals surface area contributed by atoms with E-state index in [9.17, 15) is 0 Å². The lowest BCUT2D eigenvalue weighted by molar-refractivity contribution is 0.283. The van der Waals surface area contributed by atoms with Gasteiger partial charge in [0.2, 0.25) is 0 Å². The van der Waals surface area contributed by atoms with Gasteiger partial charge < -0.3 is 10.1 Å². The minimum absolute atomic E-state index is 0.425. The second kappa shape index (κ2) is 5.79. The highest BCUT2D eigenvalue weighted by Gasteiger charge is 2.03. The quantitative estimate of drug-likeness (QED) is 0.848. The third-order valence-corrected chi connectivity index (χ3v) is 3.25. The van der Waals surface area contributed by atoms with Gasteiger partial charge in [-0.25, -0.2) is 0 Å². The Hall–Kier alpha value is -1.40. The van der Waals surface area contributed by atoms with E-state index in [-0.39, 0.29) is 0 Å². The van der Waals surface area contributed by atoms with E-state index in [0.717, 1.165) is 13.1 Å². The Balaban J connectivity index is 1.84. The van der Waals surface area contributed by atoms with Crippen LogP contribution in [0.3, 0.4) is 0 Å². The van der Waals surface area contributed by atoms with Crippen LogP contribution in [0, 0.1) is 0 Å². The maximum atomic E-state index is 5.48. The second-order valence-electron chi connectivity index (χ2n) is 3.64. The molecule has 0 radical (unpaired) electrons. The lowest BCUT2D eigenvalue weighted by Gasteiger charge is -1.98. The maximum Gasteiger partial charge on any atom is 0.335 e. The summed E-state index contributed by atoms with van der Waals surface area (Å²) in [5, 5.41) is 7.35. The number of aryl methyl sites for hydroxylation is 1. The Labute approximate surface area is 104 Å². The SMILES string of the molecule is CCNCc1ccc(COc2ncn(C)n2)s1. The fourth-order valence-electron chi connectivity index (χ4n) is 1.36. The second-order valence-corrected chi connectivity index (χ2v) is 4.89. The third kappa shape index (κ3) is 3.54. The van der Waals surface area contributed by atoms with E-state index in [4.69, 9.17) is 4.74 Å². The number of nitrogens with zero attached hydrogens (tertiary/aromatic N) is 3. The van der Waals surface area contributed by atoms with Gasteiger partial charge in [0.25, 0.3) is 0 Å². The molecule has 0 aliphatic heterocycles. The van der Waals surface area contributed by atoms with Crippen LogP contribution < -0.4 is 10.1 Å². The van der Waals surface area contributed by atoms with Gasteiger partial charge in [0.1, 0.15) is 12.9 Å². The average molecular weight is 252 g/mol. The largest absolute Gasteiger partial charge is 0.457 e. The van der Waals surface area contributed by atoms with Gasteiger partial charge in [-0.1, -0.05) is 6.92 Å². The van der Waals surface area contributed by atoms with Gasteiger partial charge in [-0.05, 0) is 18.7 Å². The molecule has 92 valence electrons. The summed E-state index contributed by atoms with van der Waals surface area (Å²) in [6, 6.07) is 4.63. The summed E-state index contributed by atoms with van der Waals surface area (Å²) in [7, 11) is 1.82. The van der Waals surface area contributed by atoms with Gasteiger partial charge in [0, 0.05) is 23.3 Å². The van der Waals surface area contributed by atoms with Crippen molar-refractivity contribution in [1.82, 2.24) is 20.1 Å². The minimum Gasteiger partial charge on any atom is -0.457 e. The molecule has 0 fully saturated rings. The smallest absolute Gasteiger partial charge is 0.335 e. The fraction of sp³-hybridized carbons (Fsp3) is 0.455. The van der Waals surface area contributed by atoms with E-state index >= 15 is 0 Å². The van der Waals surface area contributed by atoms with Gasteiger partial charge in [-0.15, -0.1) is 16.4 Å². The summed E-state index contributed by atoms with van der Waals surface area (Å²) in [4.78, 5) is 6.51. The van der Waals surface area contributed by atoms with Crippen LogP contribution >= 0.6 is 11.3 Å². The van der Waals surface area contributed by atoms with E-state index < -0.39 is 0 Å². The number of thiophene rings is 1. The van der Waals surface area contributed by atoms with Crippen molar-refractivity contribution in [1.29, 1.82) is 0 Å². The highest BCUT2D eigenvalue weighted by atomic mass is 32.1. The Morgan fingerprint density at radius 2 is 2.24 bits per heavy atom. The first-order valence-corrected chi connectivity index (χ1v) is 6.36. The van der Waals surface area contributed by atoms with Crippen LogP contribution in [-0.2, 0) is 20.2 Å². The summed E-state index contributed by atoms with van der Waals surface area (Å²) in [6.45, 7) is 4.54. The third-order valence-electron chi connectivity index (χ3n) is 2.19. The Morgan fingerprint density at radius 3 is 2.94 bits per heavy atom. The molecule has 2 rings (SSSR count). The monoisotopic (exact) mass is 252 g/mol. The number of ether oxygens (including phenoxy) is 1. The molecule has 17 heavy (non-hydrogen) atoms. The summed E-state index contributed by atoms with van der Waals surface area (Å²) < 4.78 is 7.10. The predicted molar refractivity (Wildman–Crippen MR) is 67.0 cm³/mol. The number of rotatable bonds is 6. The van der Waals surface area contributed by atoms with Crippen molar-refractivity contribution in [3.8, 4) is 6.01 Å². The highest BCUT2D eigenvalue weighted by Crippen LogP contribution is 2.17.